The topological polar surface area (TPSA) is 79.4 Å². The Balaban J connectivity index is 2.01. The SMILES string of the molecule is CCCCN(C)c1cncc(C(=O)NC2CCS(=O)(=O)C2)c1. The van der Waals surface area contributed by atoms with Gasteiger partial charge in [0, 0.05) is 25.8 Å². The van der Waals surface area contributed by atoms with Crippen molar-refractivity contribution in [3.63, 3.8) is 0 Å². The van der Waals surface area contributed by atoms with Gasteiger partial charge in [0.15, 0.2) is 9.84 Å². The normalized spacial score (nSPS) is 19.8. The molecule has 0 bridgehead atoms. The molecule has 22 heavy (non-hydrogen) atoms. The summed E-state index contributed by atoms with van der Waals surface area (Å²) in [6, 6.07) is 1.50. The maximum atomic E-state index is 12.2. The summed E-state index contributed by atoms with van der Waals surface area (Å²) >= 11 is 0. The molecule has 1 aliphatic heterocycles. The Morgan fingerprint density at radius 1 is 1.45 bits per heavy atom. The van der Waals surface area contributed by atoms with Crippen molar-refractivity contribution < 1.29 is 13.2 Å². The highest BCUT2D eigenvalue weighted by molar-refractivity contribution is 7.91. The van der Waals surface area contributed by atoms with Gasteiger partial charge in [0.25, 0.3) is 5.91 Å². The third kappa shape index (κ3) is 4.43. The highest BCUT2D eigenvalue weighted by Crippen LogP contribution is 2.15. The number of nitrogens with zero attached hydrogens (tertiary/aromatic N) is 2. The lowest BCUT2D eigenvalue weighted by Gasteiger charge is -2.19. The van der Waals surface area contributed by atoms with Crippen LogP contribution in [-0.2, 0) is 9.84 Å². The fourth-order valence-corrected chi connectivity index (χ4v) is 4.14. The van der Waals surface area contributed by atoms with E-state index >= 15 is 0 Å². The minimum absolute atomic E-state index is 0.0300. The van der Waals surface area contributed by atoms with Crippen LogP contribution in [-0.4, -0.2) is 50.4 Å². The van der Waals surface area contributed by atoms with E-state index in [2.05, 4.69) is 22.1 Å². The number of nitrogens with one attached hydrogen (secondary N) is 1. The molecule has 2 heterocycles. The van der Waals surface area contributed by atoms with Crippen LogP contribution in [0.3, 0.4) is 0 Å². The Morgan fingerprint density at radius 2 is 2.23 bits per heavy atom. The molecule has 1 saturated heterocycles. The maximum Gasteiger partial charge on any atom is 0.253 e. The first kappa shape index (κ1) is 16.7. The van der Waals surface area contributed by atoms with Crippen LogP contribution >= 0.6 is 0 Å². The molecule has 0 aliphatic carbocycles. The van der Waals surface area contributed by atoms with Gasteiger partial charge in [0.05, 0.1) is 29.0 Å². The number of carbonyl (C=O) groups excluding carboxylic acids is 1. The van der Waals surface area contributed by atoms with E-state index in [-0.39, 0.29) is 23.5 Å². The number of hydrogen-bond acceptors (Lipinski definition) is 5. The summed E-state index contributed by atoms with van der Waals surface area (Å²) in [5.41, 5.74) is 1.35. The lowest BCUT2D eigenvalue weighted by atomic mass is 10.2. The van der Waals surface area contributed by atoms with Crippen molar-refractivity contribution in [3.05, 3.63) is 24.0 Å². The zero-order valence-corrected chi connectivity index (χ0v) is 13.9. The summed E-state index contributed by atoms with van der Waals surface area (Å²) in [6.07, 6.45) is 5.90. The molecule has 1 aromatic heterocycles. The Bertz CT molecular complexity index is 631. The minimum atomic E-state index is -2.99. The monoisotopic (exact) mass is 325 g/mol. The van der Waals surface area contributed by atoms with E-state index in [4.69, 9.17) is 0 Å². The molecule has 6 nitrogen and oxygen atoms in total. The van der Waals surface area contributed by atoms with Crippen LogP contribution < -0.4 is 10.2 Å². The van der Waals surface area contributed by atoms with Crippen molar-refractivity contribution >= 4 is 21.4 Å². The van der Waals surface area contributed by atoms with Crippen molar-refractivity contribution in [3.8, 4) is 0 Å². The quantitative estimate of drug-likeness (QED) is 0.851. The van der Waals surface area contributed by atoms with E-state index < -0.39 is 9.84 Å². The van der Waals surface area contributed by atoms with E-state index in [1.54, 1.807) is 12.3 Å². The van der Waals surface area contributed by atoms with Gasteiger partial charge in [-0.3, -0.25) is 9.78 Å². The number of amides is 1. The Hall–Kier alpha value is -1.63. The molecule has 7 heteroatoms. The van der Waals surface area contributed by atoms with Gasteiger partial charge in [-0.1, -0.05) is 13.3 Å². The number of carbonyl (C=O) groups is 1. The molecule has 1 aliphatic rings. The van der Waals surface area contributed by atoms with Gasteiger partial charge in [-0.2, -0.15) is 0 Å². The number of rotatable bonds is 6. The Labute approximate surface area is 131 Å². The van der Waals surface area contributed by atoms with Crippen molar-refractivity contribution in [1.82, 2.24) is 10.3 Å². The predicted molar refractivity (Wildman–Crippen MR) is 86.9 cm³/mol. The van der Waals surface area contributed by atoms with Crippen molar-refractivity contribution in [2.45, 2.75) is 32.2 Å². The molecule has 2 rings (SSSR count). The lowest BCUT2D eigenvalue weighted by molar-refractivity contribution is 0.0941. The summed E-state index contributed by atoms with van der Waals surface area (Å²) in [6.45, 7) is 3.04. The maximum absolute atomic E-state index is 12.2. The standard InChI is InChI=1S/C15H23N3O3S/c1-3-4-6-18(2)14-8-12(9-16-10-14)15(19)17-13-5-7-22(20,21)11-13/h8-10,13H,3-7,11H2,1-2H3,(H,17,19). The van der Waals surface area contributed by atoms with Crippen LogP contribution in [0.2, 0.25) is 0 Å². The molecule has 1 N–H and O–H groups in total. The molecule has 0 saturated carbocycles. The van der Waals surface area contributed by atoms with Crippen LogP contribution in [0, 0.1) is 0 Å². The van der Waals surface area contributed by atoms with E-state index in [0.717, 1.165) is 25.1 Å². The summed E-state index contributed by atoms with van der Waals surface area (Å²) in [5, 5.41) is 2.78. The highest BCUT2D eigenvalue weighted by Gasteiger charge is 2.29. The smallest absolute Gasteiger partial charge is 0.253 e. The largest absolute Gasteiger partial charge is 0.373 e. The number of sulfone groups is 1. The first-order valence-electron chi connectivity index (χ1n) is 7.59. The van der Waals surface area contributed by atoms with Gasteiger partial charge < -0.3 is 10.2 Å². The average Bonchev–Trinajstić information content (AvgIpc) is 2.83. The molecule has 1 amide bonds. The Kier molecular flexibility index (Phi) is 5.39. The van der Waals surface area contributed by atoms with Crippen LogP contribution in [0.4, 0.5) is 5.69 Å². The van der Waals surface area contributed by atoms with Crippen LogP contribution in [0.1, 0.15) is 36.5 Å². The summed E-state index contributed by atoms with van der Waals surface area (Å²) in [5.74, 6) is -0.0847. The van der Waals surface area contributed by atoms with Gasteiger partial charge in [0.1, 0.15) is 0 Å². The zero-order valence-electron chi connectivity index (χ0n) is 13.1. The van der Waals surface area contributed by atoms with Crippen LogP contribution in [0.15, 0.2) is 18.5 Å². The molecule has 1 unspecified atom stereocenters. The van der Waals surface area contributed by atoms with Gasteiger partial charge in [-0.25, -0.2) is 8.42 Å². The van der Waals surface area contributed by atoms with Crippen LogP contribution in [0.25, 0.3) is 0 Å². The van der Waals surface area contributed by atoms with Crippen molar-refractivity contribution in [2.75, 3.05) is 30.0 Å². The van der Waals surface area contributed by atoms with Gasteiger partial charge in [-0.15, -0.1) is 0 Å². The summed E-state index contributed by atoms with van der Waals surface area (Å²) < 4.78 is 22.9. The summed E-state index contributed by atoms with van der Waals surface area (Å²) in [4.78, 5) is 18.4. The minimum Gasteiger partial charge on any atom is -0.373 e. The predicted octanol–water partition coefficient (Wildman–Crippen LogP) is 1.23. The second-order valence-electron chi connectivity index (χ2n) is 5.78. The molecular formula is C15H23N3O3S. The van der Waals surface area contributed by atoms with Crippen molar-refractivity contribution in [1.29, 1.82) is 0 Å². The second-order valence-corrected chi connectivity index (χ2v) is 8.01. The molecule has 0 spiro atoms. The first-order chi connectivity index (χ1) is 10.4. The number of pyridine rings is 1. The molecule has 1 aromatic rings. The molecule has 1 fully saturated rings. The highest BCUT2D eigenvalue weighted by atomic mass is 32.2. The second kappa shape index (κ2) is 7.09. The molecular weight excluding hydrogens is 302 g/mol. The number of unbranched alkanes of at least 4 members (excludes halogenated alkanes) is 1. The van der Waals surface area contributed by atoms with E-state index in [1.807, 2.05) is 7.05 Å². The molecule has 122 valence electrons. The lowest BCUT2D eigenvalue weighted by Crippen LogP contribution is -2.35. The van der Waals surface area contributed by atoms with Crippen LogP contribution in [0.5, 0.6) is 0 Å². The van der Waals surface area contributed by atoms with E-state index in [0.29, 0.717) is 12.0 Å². The number of hydrogen-bond donors (Lipinski definition) is 1. The zero-order chi connectivity index (χ0) is 16.2. The fraction of sp³-hybridized carbons (Fsp3) is 0.600. The fourth-order valence-electron chi connectivity index (χ4n) is 2.46. The Morgan fingerprint density at radius 3 is 2.86 bits per heavy atom. The molecule has 0 aromatic carbocycles. The molecule has 0 radical (unpaired) electrons. The summed E-state index contributed by atoms with van der Waals surface area (Å²) in [7, 11) is -1.02. The van der Waals surface area contributed by atoms with E-state index in [9.17, 15) is 13.2 Å². The van der Waals surface area contributed by atoms with Gasteiger partial charge in [0.2, 0.25) is 0 Å². The first-order valence-corrected chi connectivity index (χ1v) is 9.41. The third-order valence-electron chi connectivity index (χ3n) is 3.84. The number of anilines is 1. The van der Waals surface area contributed by atoms with Gasteiger partial charge in [-0.05, 0) is 18.9 Å². The third-order valence-corrected chi connectivity index (χ3v) is 5.61. The molecule has 1 atom stereocenters. The van der Waals surface area contributed by atoms with Gasteiger partial charge >= 0.3 is 0 Å². The number of aromatic nitrogens is 1. The average molecular weight is 325 g/mol. The van der Waals surface area contributed by atoms with E-state index in [1.165, 1.54) is 6.20 Å². The van der Waals surface area contributed by atoms with Crippen molar-refractivity contribution in [2.24, 2.45) is 0 Å².